The van der Waals surface area contributed by atoms with Gasteiger partial charge in [0.1, 0.15) is 5.84 Å². The first kappa shape index (κ1) is 26.7. The zero-order valence-electron chi connectivity index (χ0n) is 18.3. The van der Waals surface area contributed by atoms with E-state index >= 15 is 0 Å². The number of nitrogens with two attached hydrogens (primary N) is 1. The zero-order chi connectivity index (χ0) is 24.3. The fraction of sp³-hybridized carbons (Fsp3) is 0.273. The van der Waals surface area contributed by atoms with Gasteiger partial charge in [-0.3, -0.25) is 10.2 Å². The second-order valence-corrected chi connectivity index (χ2v) is 7.52. The highest BCUT2D eigenvalue weighted by Gasteiger charge is 2.39. The van der Waals surface area contributed by atoms with E-state index in [1.807, 2.05) is 0 Å². The van der Waals surface area contributed by atoms with Gasteiger partial charge in [0.05, 0.1) is 17.5 Å². The molecule has 0 aliphatic carbocycles. The fourth-order valence-electron chi connectivity index (χ4n) is 3.11. The van der Waals surface area contributed by atoms with Crippen LogP contribution in [0.2, 0.25) is 0 Å². The van der Waals surface area contributed by atoms with E-state index in [0.717, 1.165) is 0 Å². The molecule has 0 amide bonds. The van der Waals surface area contributed by atoms with Crippen LogP contribution in [0, 0.1) is 5.41 Å². The van der Waals surface area contributed by atoms with E-state index in [-0.39, 0.29) is 48.1 Å². The van der Waals surface area contributed by atoms with Crippen LogP contribution in [-0.4, -0.2) is 32.3 Å². The van der Waals surface area contributed by atoms with Gasteiger partial charge in [-0.15, -0.1) is 17.5 Å². The summed E-state index contributed by atoms with van der Waals surface area (Å²) in [6, 6.07) is 11.4. The summed E-state index contributed by atoms with van der Waals surface area (Å²) < 4.78 is 47.2. The van der Waals surface area contributed by atoms with Crippen molar-refractivity contribution in [3.05, 3.63) is 76.0 Å². The molecule has 0 aliphatic heterocycles. The van der Waals surface area contributed by atoms with Crippen molar-refractivity contribution in [3.63, 3.8) is 0 Å². The number of benzene rings is 2. The lowest BCUT2D eigenvalue weighted by molar-refractivity contribution is -0.147. The molecule has 0 saturated carbocycles. The predicted octanol–water partition coefficient (Wildman–Crippen LogP) is 3.63. The number of esters is 1. The van der Waals surface area contributed by atoms with E-state index in [1.165, 1.54) is 36.4 Å². The number of nitrogens with zero attached hydrogens (tertiary/aromatic N) is 3. The molecule has 3 rings (SSSR count). The number of rotatable bonds is 7. The van der Waals surface area contributed by atoms with Gasteiger partial charge in [0.15, 0.2) is 0 Å². The predicted molar refractivity (Wildman–Crippen MR) is 122 cm³/mol. The highest BCUT2D eigenvalue weighted by molar-refractivity contribution is 5.95. The quantitative estimate of drug-likeness (QED) is 0.294. The van der Waals surface area contributed by atoms with E-state index in [4.69, 9.17) is 15.9 Å². The number of halogens is 4. The summed E-state index contributed by atoms with van der Waals surface area (Å²) in [4.78, 5) is 24.6. The second-order valence-electron chi connectivity index (χ2n) is 7.52. The molecule has 0 spiro atoms. The third kappa shape index (κ3) is 6.04. The minimum atomic E-state index is -4.89. The molecule has 0 fully saturated rings. The normalized spacial score (nSPS) is 11.2. The Morgan fingerprint density at radius 2 is 1.65 bits per heavy atom. The van der Waals surface area contributed by atoms with Crippen molar-refractivity contribution >= 4 is 24.2 Å². The van der Waals surface area contributed by atoms with Gasteiger partial charge in [-0.05, 0) is 62.2 Å². The molecule has 1 heterocycles. The maximum Gasteiger partial charge on any atom is 0.452 e. The third-order valence-electron chi connectivity index (χ3n) is 4.63. The molecule has 3 N–H and O–H groups in total. The minimum Gasteiger partial charge on any atom is -0.463 e. The number of hydrogen-bond donors (Lipinski definition) is 2. The molecule has 34 heavy (non-hydrogen) atoms. The maximum absolute atomic E-state index is 13.7. The van der Waals surface area contributed by atoms with E-state index in [2.05, 4.69) is 5.10 Å². The average molecular weight is 498 g/mol. The van der Waals surface area contributed by atoms with Gasteiger partial charge >= 0.3 is 17.8 Å². The van der Waals surface area contributed by atoms with Crippen LogP contribution in [0.1, 0.15) is 37.2 Å². The number of aromatic nitrogens is 3. The molecule has 1 aromatic heterocycles. The Hall–Kier alpha value is -3.60. The van der Waals surface area contributed by atoms with Gasteiger partial charge in [-0.2, -0.15) is 17.9 Å². The Morgan fingerprint density at radius 1 is 1.09 bits per heavy atom. The van der Waals surface area contributed by atoms with Gasteiger partial charge in [-0.25, -0.2) is 9.36 Å². The van der Waals surface area contributed by atoms with Crippen LogP contribution in [0.3, 0.4) is 0 Å². The summed E-state index contributed by atoms with van der Waals surface area (Å²) in [6.45, 7) is 3.47. The van der Waals surface area contributed by atoms with Crippen molar-refractivity contribution in [2.24, 2.45) is 5.73 Å². The Labute approximate surface area is 199 Å². The Morgan fingerprint density at radius 3 is 2.15 bits per heavy atom. The number of nitrogen functional groups attached to an aromatic ring is 1. The number of ether oxygens (including phenoxy) is 1. The number of carbonyl (C=O) groups is 1. The first-order chi connectivity index (χ1) is 15.5. The molecule has 0 saturated heterocycles. The molecule has 2 aromatic carbocycles. The molecule has 3 aromatic rings. The van der Waals surface area contributed by atoms with Crippen LogP contribution in [0.25, 0.3) is 11.4 Å². The van der Waals surface area contributed by atoms with Crippen molar-refractivity contribution in [1.82, 2.24) is 14.3 Å². The molecule has 0 radical (unpaired) electrons. The highest BCUT2D eigenvalue weighted by Crippen LogP contribution is 2.29. The number of hydrogen-bond acceptors (Lipinski definition) is 5. The summed E-state index contributed by atoms with van der Waals surface area (Å²) in [6.07, 6.45) is -4.65. The van der Waals surface area contributed by atoms with Crippen LogP contribution in [0.4, 0.5) is 13.2 Å². The molecular weight excluding hydrogens is 475 g/mol. The Balaban J connectivity index is 0.00000408. The number of aryl methyl sites for hydroxylation is 1. The molecule has 0 atom stereocenters. The smallest absolute Gasteiger partial charge is 0.452 e. The van der Waals surface area contributed by atoms with Crippen molar-refractivity contribution in [3.8, 4) is 11.4 Å². The fourth-order valence-corrected chi connectivity index (χ4v) is 3.11. The first-order valence-corrected chi connectivity index (χ1v) is 10.00. The topological polar surface area (TPSA) is 116 Å². The van der Waals surface area contributed by atoms with Crippen LogP contribution in [0.5, 0.6) is 0 Å². The standard InChI is InChI=1S/C22H22F3N5O3.ClH/c1-13(2)33-18(31)12-5-14-3-8-16(9-4-14)29-20(22(23,24)25)28-30(21(29)32)17-10-6-15(7-11-17)19(26)27;/h3-4,6-11,13H,5,12H2,1-2H3,(H3,26,27);1H. The molecule has 8 nitrogen and oxygen atoms in total. The second kappa shape index (κ2) is 10.6. The average Bonchev–Trinajstić information content (AvgIpc) is 3.10. The molecule has 0 aliphatic rings. The zero-order valence-corrected chi connectivity index (χ0v) is 19.1. The molecule has 12 heteroatoms. The Kier molecular flexibility index (Phi) is 8.27. The molecule has 182 valence electrons. The summed E-state index contributed by atoms with van der Waals surface area (Å²) >= 11 is 0. The Bertz CT molecular complexity index is 1220. The summed E-state index contributed by atoms with van der Waals surface area (Å²) in [5.74, 6) is -1.97. The van der Waals surface area contributed by atoms with Crippen molar-refractivity contribution in [1.29, 1.82) is 5.41 Å². The van der Waals surface area contributed by atoms with E-state index in [9.17, 15) is 22.8 Å². The number of nitrogens with one attached hydrogen (secondary N) is 1. The van der Waals surface area contributed by atoms with E-state index in [1.54, 1.807) is 26.0 Å². The van der Waals surface area contributed by atoms with Crippen LogP contribution in [-0.2, 0) is 22.1 Å². The summed E-state index contributed by atoms with van der Waals surface area (Å²) in [5.41, 5.74) is 5.51. The minimum absolute atomic E-state index is 0. The van der Waals surface area contributed by atoms with Crippen LogP contribution >= 0.6 is 12.4 Å². The van der Waals surface area contributed by atoms with Crippen molar-refractivity contribution < 1.29 is 22.7 Å². The molecule has 0 bridgehead atoms. The van der Waals surface area contributed by atoms with Gasteiger partial charge < -0.3 is 10.5 Å². The van der Waals surface area contributed by atoms with E-state index in [0.29, 0.717) is 26.8 Å². The summed E-state index contributed by atoms with van der Waals surface area (Å²) in [5, 5.41) is 10.9. The SMILES string of the molecule is CC(C)OC(=O)CCc1ccc(-n2c(C(F)(F)F)nn(-c3ccc(C(=N)N)cc3)c2=O)cc1.Cl. The number of alkyl halides is 3. The van der Waals surface area contributed by atoms with E-state index < -0.39 is 17.7 Å². The largest absolute Gasteiger partial charge is 0.463 e. The summed E-state index contributed by atoms with van der Waals surface area (Å²) in [7, 11) is 0. The van der Waals surface area contributed by atoms with Gasteiger partial charge in [-0.1, -0.05) is 12.1 Å². The van der Waals surface area contributed by atoms with Crippen molar-refractivity contribution in [2.75, 3.05) is 0 Å². The van der Waals surface area contributed by atoms with Gasteiger partial charge in [0.25, 0.3) is 0 Å². The molecular formula is C22H23ClF3N5O3. The van der Waals surface area contributed by atoms with Crippen LogP contribution < -0.4 is 11.4 Å². The number of carbonyl (C=O) groups excluding carboxylic acids is 1. The maximum atomic E-state index is 13.7. The first-order valence-electron chi connectivity index (χ1n) is 10.00. The van der Waals surface area contributed by atoms with Crippen LogP contribution in [0.15, 0.2) is 53.3 Å². The highest BCUT2D eigenvalue weighted by atomic mass is 35.5. The van der Waals surface area contributed by atoms with Gasteiger partial charge in [0, 0.05) is 12.0 Å². The lowest BCUT2D eigenvalue weighted by atomic mass is 10.1. The number of amidine groups is 1. The lowest BCUT2D eigenvalue weighted by Gasteiger charge is -2.10. The third-order valence-corrected chi connectivity index (χ3v) is 4.63. The van der Waals surface area contributed by atoms with Crippen molar-refractivity contribution in [2.45, 2.75) is 39.0 Å². The van der Waals surface area contributed by atoms with Gasteiger partial charge in [0.2, 0.25) is 5.82 Å². The lowest BCUT2D eigenvalue weighted by Crippen LogP contribution is -2.25. The monoisotopic (exact) mass is 497 g/mol. The molecule has 0 unspecified atom stereocenters.